The monoisotopic (exact) mass is 468 g/mol. The van der Waals surface area contributed by atoms with Gasteiger partial charge >= 0.3 is 5.97 Å². The summed E-state index contributed by atoms with van der Waals surface area (Å²) in [6.07, 6.45) is -0.0933. The SMILES string of the molecule is N#Cc1nc(C(=O)NCCC(=O)O)c(O)c2c(Cc3ccccc3)c(-c3ccccc3)c(=O)[nH]c12. The Balaban J connectivity index is 2.01. The molecule has 0 atom stereocenters. The van der Waals surface area contributed by atoms with Gasteiger partial charge in [-0.3, -0.25) is 14.4 Å². The summed E-state index contributed by atoms with van der Waals surface area (Å²) in [4.78, 5) is 43.4. The minimum atomic E-state index is -1.10. The number of benzene rings is 2. The van der Waals surface area contributed by atoms with Crippen LogP contribution in [0.5, 0.6) is 5.75 Å². The average molecular weight is 468 g/mol. The number of pyridine rings is 2. The van der Waals surface area contributed by atoms with E-state index in [1.807, 2.05) is 42.5 Å². The van der Waals surface area contributed by atoms with Crippen molar-refractivity contribution in [2.45, 2.75) is 12.8 Å². The number of nitrogens with zero attached hydrogens (tertiary/aromatic N) is 2. The molecule has 1 amide bonds. The summed E-state index contributed by atoms with van der Waals surface area (Å²) < 4.78 is 0. The molecule has 2 aromatic heterocycles. The Kier molecular flexibility index (Phi) is 6.55. The lowest BCUT2D eigenvalue weighted by Gasteiger charge is -2.16. The summed E-state index contributed by atoms with van der Waals surface area (Å²) in [5.74, 6) is -2.44. The number of carbonyl (C=O) groups excluding carboxylic acids is 1. The maximum Gasteiger partial charge on any atom is 0.305 e. The quantitative estimate of drug-likeness (QED) is 0.325. The predicted molar refractivity (Wildman–Crippen MR) is 128 cm³/mol. The molecule has 0 saturated heterocycles. The smallest absolute Gasteiger partial charge is 0.305 e. The molecule has 2 heterocycles. The van der Waals surface area contributed by atoms with E-state index in [0.717, 1.165) is 5.56 Å². The third kappa shape index (κ3) is 4.72. The van der Waals surface area contributed by atoms with Crippen molar-refractivity contribution in [3.8, 4) is 22.9 Å². The summed E-state index contributed by atoms with van der Waals surface area (Å²) in [7, 11) is 0. The van der Waals surface area contributed by atoms with Crippen LogP contribution in [0.3, 0.4) is 0 Å². The number of nitriles is 1. The highest BCUT2D eigenvalue weighted by atomic mass is 16.4. The second kappa shape index (κ2) is 9.89. The summed E-state index contributed by atoms with van der Waals surface area (Å²) in [5.41, 5.74) is 1.05. The fraction of sp³-hybridized carbons (Fsp3) is 0.115. The number of carboxylic acid groups (broad SMARTS) is 1. The highest BCUT2D eigenvalue weighted by Gasteiger charge is 2.25. The molecule has 9 nitrogen and oxygen atoms in total. The highest BCUT2D eigenvalue weighted by Crippen LogP contribution is 2.36. The number of aliphatic carboxylic acids is 1. The lowest BCUT2D eigenvalue weighted by atomic mass is 9.92. The molecule has 2 aromatic carbocycles. The van der Waals surface area contributed by atoms with Crippen molar-refractivity contribution >= 4 is 22.8 Å². The largest absolute Gasteiger partial charge is 0.505 e. The van der Waals surface area contributed by atoms with Gasteiger partial charge in [0.1, 0.15) is 6.07 Å². The van der Waals surface area contributed by atoms with Crippen LogP contribution < -0.4 is 10.9 Å². The number of rotatable bonds is 7. The summed E-state index contributed by atoms with van der Waals surface area (Å²) in [6.45, 7) is -0.188. The molecule has 4 N–H and O–H groups in total. The summed E-state index contributed by atoms with van der Waals surface area (Å²) in [6, 6.07) is 20.0. The Bertz CT molecular complexity index is 1520. The van der Waals surface area contributed by atoms with Crippen LogP contribution in [0.25, 0.3) is 22.0 Å². The maximum atomic E-state index is 13.2. The number of carboxylic acids is 1. The molecule has 0 spiro atoms. The number of aromatic nitrogens is 2. The molecule has 0 aliphatic rings. The van der Waals surface area contributed by atoms with Crippen LogP contribution in [0.4, 0.5) is 0 Å². The zero-order chi connectivity index (χ0) is 24.9. The number of hydrogen-bond donors (Lipinski definition) is 4. The van der Waals surface area contributed by atoms with Crippen molar-refractivity contribution in [1.82, 2.24) is 15.3 Å². The van der Waals surface area contributed by atoms with Gasteiger partial charge in [-0.15, -0.1) is 0 Å². The van der Waals surface area contributed by atoms with E-state index in [2.05, 4.69) is 15.3 Å². The first-order valence-electron chi connectivity index (χ1n) is 10.7. The number of H-pyrrole nitrogens is 1. The topological polar surface area (TPSA) is 156 Å². The molecule has 0 aliphatic heterocycles. The Morgan fingerprint density at radius 3 is 2.34 bits per heavy atom. The molecule has 4 rings (SSSR count). The first kappa shape index (κ1) is 23.2. The Hall–Kier alpha value is -4.97. The fourth-order valence-electron chi connectivity index (χ4n) is 3.92. The van der Waals surface area contributed by atoms with Crippen molar-refractivity contribution in [3.05, 3.63) is 93.5 Å². The molecule has 0 saturated carbocycles. The second-order valence-electron chi connectivity index (χ2n) is 7.76. The van der Waals surface area contributed by atoms with Crippen LogP contribution in [-0.4, -0.2) is 38.6 Å². The maximum absolute atomic E-state index is 13.2. The zero-order valence-corrected chi connectivity index (χ0v) is 18.4. The van der Waals surface area contributed by atoms with Gasteiger partial charge in [-0.2, -0.15) is 5.26 Å². The zero-order valence-electron chi connectivity index (χ0n) is 18.4. The van der Waals surface area contributed by atoms with Gasteiger partial charge in [0.15, 0.2) is 17.1 Å². The molecule has 9 heteroatoms. The average Bonchev–Trinajstić information content (AvgIpc) is 2.85. The number of carbonyl (C=O) groups is 2. The van der Waals surface area contributed by atoms with E-state index in [9.17, 15) is 24.8 Å². The van der Waals surface area contributed by atoms with Crippen LogP contribution in [0, 0.1) is 11.3 Å². The molecule has 4 aromatic rings. The number of fused-ring (bicyclic) bond motifs is 1. The van der Waals surface area contributed by atoms with Crippen molar-refractivity contribution in [2.75, 3.05) is 6.54 Å². The van der Waals surface area contributed by atoms with E-state index in [-0.39, 0.29) is 36.0 Å². The van der Waals surface area contributed by atoms with E-state index in [4.69, 9.17) is 5.11 Å². The molecule has 35 heavy (non-hydrogen) atoms. The Morgan fingerprint density at radius 1 is 1.06 bits per heavy atom. The van der Waals surface area contributed by atoms with E-state index in [1.165, 1.54) is 0 Å². The van der Waals surface area contributed by atoms with Crippen molar-refractivity contribution < 1.29 is 19.8 Å². The first-order chi connectivity index (χ1) is 16.9. The van der Waals surface area contributed by atoms with E-state index in [1.54, 1.807) is 24.3 Å². The van der Waals surface area contributed by atoms with Crippen molar-refractivity contribution in [2.24, 2.45) is 0 Å². The number of aromatic amines is 1. The van der Waals surface area contributed by atoms with Crippen LogP contribution in [0.15, 0.2) is 65.5 Å². The molecule has 0 fully saturated rings. The van der Waals surface area contributed by atoms with Crippen LogP contribution in [0.1, 0.15) is 33.7 Å². The number of amides is 1. The van der Waals surface area contributed by atoms with Crippen LogP contribution in [0.2, 0.25) is 0 Å². The van der Waals surface area contributed by atoms with Gasteiger partial charge in [-0.1, -0.05) is 60.7 Å². The minimum Gasteiger partial charge on any atom is -0.505 e. The van der Waals surface area contributed by atoms with Gasteiger partial charge < -0.3 is 20.5 Å². The first-order valence-corrected chi connectivity index (χ1v) is 10.7. The van der Waals surface area contributed by atoms with Crippen LogP contribution in [-0.2, 0) is 11.2 Å². The van der Waals surface area contributed by atoms with Gasteiger partial charge in [-0.25, -0.2) is 4.98 Å². The molecule has 0 bridgehead atoms. The summed E-state index contributed by atoms with van der Waals surface area (Å²) >= 11 is 0. The Labute approximate surface area is 199 Å². The molecular weight excluding hydrogens is 448 g/mol. The molecule has 0 unspecified atom stereocenters. The third-order valence-corrected chi connectivity index (χ3v) is 5.47. The standard InChI is InChI=1S/C26H20N4O5/c27-14-18-22-21(24(33)23(29-18)26(35)28-12-11-19(31)32)17(13-15-7-3-1-4-8-15)20(25(34)30-22)16-9-5-2-6-10-16/h1-10,33H,11-13H2,(H,28,35)(H,30,34)(H,31,32). The van der Waals surface area contributed by atoms with Crippen molar-refractivity contribution in [3.63, 3.8) is 0 Å². The molecule has 174 valence electrons. The van der Waals surface area contributed by atoms with Gasteiger partial charge in [0.25, 0.3) is 11.5 Å². The molecule has 0 radical (unpaired) electrons. The Morgan fingerprint density at radius 2 is 1.71 bits per heavy atom. The summed E-state index contributed by atoms with van der Waals surface area (Å²) in [5, 5.41) is 32.3. The number of aromatic hydroxyl groups is 1. The van der Waals surface area contributed by atoms with Gasteiger partial charge in [-0.05, 0) is 23.1 Å². The van der Waals surface area contributed by atoms with Gasteiger partial charge in [0, 0.05) is 11.9 Å². The number of nitrogens with one attached hydrogen (secondary N) is 2. The minimum absolute atomic E-state index is 0.0164. The van der Waals surface area contributed by atoms with Crippen molar-refractivity contribution in [1.29, 1.82) is 5.26 Å². The lowest BCUT2D eigenvalue weighted by molar-refractivity contribution is -0.136. The van der Waals surface area contributed by atoms with E-state index >= 15 is 0 Å². The van der Waals surface area contributed by atoms with Gasteiger partial charge in [0.2, 0.25) is 0 Å². The number of hydrogen-bond acceptors (Lipinski definition) is 6. The lowest BCUT2D eigenvalue weighted by Crippen LogP contribution is -2.27. The molecule has 0 aliphatic carbocycles. The fourth-order valence-corrected chi connectivity index (χ4v) is 3.92. The normalized spacial score (nSPS) is 10.6. The van der Waals surface area contributed by atoms with E-state index in [0.29, 0.717) is 16.7 Å². The third-order valence-electron chi connectivity index (χ3n) is 5.47. The second-order valence-corrected chi connectivity index (χ2v) is 7.76. The predicted octanol–water partition coefficient (Wildman–Crippen LogP) is 2.96. The van der Waals surface area contributed by atoms with Gasteiger partial charge in [0.05, 0.1) is 17.5 Å². The van der Waals surface area contributed by atoms with E-state index < -0.39 is 28.9 Å². The molecular formula is C26H20N4O5. The highest BCUT2D eigenvalue weighted by molar-refractivity contribution is 6.04. The van der Waals surface area contributed by atoms with Crippen LogP contribution >= 0.6 is 0 Å².